The number of benzene rings is 1. The molecule has 0 amide bonds. The predicted octanol–water partition coefficient (Wildman–Crippen LogP) is 3.54. The summed E-state index contributed by atoms with van der Waals surface area (Å²) in [6.45, 7) is 5.97. The topological polar surface area (TPSA) is 3.24 Å². The van der Waals surface area contributed by atoms with Crippen molar-refractivity contribution in [3.63, 3.8) is 0 Å². The third-order valence-electron chi connectivity index (χ3n) is 2.97. The van der Waals surface area contributed by atoms with Gasteiger partial charge in [-0.05, 0) is 24.3 Å². The van der Waals surface area contributed by atoms with Gasteiger partial charge in [0, 0.05) is 39.8 Å². The van der Waals surface area contributed by atoms with Crippen LogP contribution < -0.4 is 0 Å². The maximum atomic E-state index is 13.2. The van der Waals surface area contributed by atoms with Crippen LogP contribution in [0.15, 0.2) is 42.6 Å². The molecule has 1 aromatic rings. The maximum Gasteiger partial charge on any atom is 0.121 e. The standard InChI is InChI=1S/C15H15FN.Y/c1-4-12-10-13(16)8-9-14(12)15-7-5-6-11(2)17(15)3;/h5-6,8-10H,2,4H2,1,3H3;/q-1;. The minimum Gasteiger partial charge on any atom is -0.379 e. The number of aryl methyl sites for hydroxylation is 1. The van der Waals surface area contributed by atoms with E-state index >= 15 is 0 Å². The zero-order chi connectivity index (χ0) is 12.4. The Morgan fingerprint density at radius 2 is 2.11 bits per heavy atom. The molecule has 0 atom stereocenters. The molecule has 1 radical (unpaired) electrons. The van der Waals surface area contributed by atoms with Crippen molar-refractivity contribution in [2.75, 3.05) is 7.05 Å². The van der Waals surface area contributed by atoms with E-state index in [4.69, 9.17) is 0 Å². The molecular formula is C15H15FNY-. The quantitative estimate of drug-likeness (QED) is 0.754. The van der Waals surface area contributed by atoms with Gasteiger partial charge >= 0.3 is 0 Å². The zero-order valence-electron chi connectivity index (χ0n) is 10.7. The molecule has 1 aliphatic heterocycles. The van der Waals surface area contributed by atoms with Crippen molar-refractivity contribution in [2.45, 2.75) is 13.3 Å². The van der Waals surface area contributed by atoms with Gasteiger partial charge in [-0.15, -0.1) is 12.1 Å². The molecule has 1 heterocycles. The molecule has 0 bridgehead atoms. The molecule has 0 saturated carbocycles. The van der Waals surface area contributed by atoms with Crippen LogP contribution in [0.4, 0.5) is 4.39 Å². The van der Waals surface area contributed by atoms with E-state index < -0.39 is 0 Å². The van der Waals surface area contributed by atoms with E-state index in [1.54, 1.807) is 12.1 Å². The first kappa shape index (κ1) is 15.3. The van der Waals surface area contributed by atoms with Crippen LogP contribution in [0.3, 0.4) is 0 Å². The van der Waals surface area contributed by atoms with Crippen LogP contribution in [-0.4, -0.2) is 11.9 Å². The van der Waals surface area contributed by atoms with Crippen molar-refractivity contribution in [2.24, 2.45) is 0 Å². The van der Waals surface area contributed by atoms with Crippen molar-refractivity contribution in [3.8, 4) is 0 Å². The maximum absolute atomic E-state index is 13.2. The van der Waals surface area contributed by atoms with Gasteiger partial charge < -0.3 is 4.90 Å². The molecule has 0 spiro atoms. The Morgan fingerprint density at radius 3 is 2.78 bits per heavy atom. The van der Waals surface area contributed by atoms with Gasteiger partial charge in [0.2, 0.25) is 0 Å². The fourth-order valence-electron chi connectivity index (χ4n) is 1.91. The Hall–Kier alpha value is -0.726. The normalized spacial score (nSPS) is 14.3. The fraction of sp³-hybridized carbons (Fsp3) is 0.200. The van der Waals surface area contributed by atoms with Crippen LogP contribution >= 0.6 is 0 Å². The molecule has 1 aromatic carbocycles. The summed E-state index contributed by atoms with van der Waals surface area (Å²) < 4.78 is 13.2. The van der Waals surface area contributed by atoms with Crippen molar-refractivity contribution < 1.29 is 37.1 Å². The summed E-state index contributed by atoms with van der Waals surface area (Å²) in [5.41, 5.74) is 3.85. The molecule has 91 valence electrons. The Bertz CT molecular complexity index is 517. The smallest absolute Gasteiger partial charge is 0.121 e. The number of nitrogens with zero attached hydrogens (tertiary/aromatic N) is 1. The fourth-order valence-corrected chi connectivity index (χ4v) is 1.91. The van der Waals surface area contributed by atoms with Gasteiger partial charge in [0.1, 0.15) is 5.82 Å². The number of likely N-dealkylation sites (N-methyl/N-ethyl adjacent to an activating group) is 1. The molecular weight excluding hydrogens is 302 g/mol. The van der Waals surface area contributed by atoms with E-state index in [2.05, 4.69) is 12.7 Å². The van der Waals surface area contributed by atoms with Gasteiger partial charge in [-0.25, -0.2) is 4.39 Å². The Kier molecular flexibility index (Phi) is 5.49. The van der Waals surface area contributed by atoms with Crippen LogP contribution in [0.5, 0.6) is 0 Å². The van der Waals surface area contributed by atoms with Crippen LogP contribution in [0, 0.1) is 11.9 Å². The van der Waals surface area contributed by atoms with E-state index in [1.165, 1.54) is 6.07 Å². The Labute approximate surface area is 133 Å². The summed E-state index contributed by atoms with van der Waals surface area (Å²) in [7, 11) is 1.94. The second-order valence-electron chi connectivity index (χ2n) is 4.03. The van der Waals surface area contributed by atoms with E-state index in [0.29, 0.717) is 0 Å². The summed E-state index contributed by atoms with van der Waals surface area (Å²) in [5, 5.41) is 0. The number of hydrogen-bond donors (Lipinski definition) is 0. The van der Waals surface area contributed by atoms with Crippen molar-refractivity contribution in [1.29, 1.82) is 0 Å². The van der Waals surface area contributed by atoms with Crippen LogP contribution in [0.25, 0.3) is 5.70 Å². The molecule has 0 unspecified atom stereocenters. The van der Waals surface area contributed by atoms with Crippen LogP contribution in [0.1, 0.15) is 18.1 Å². The van der Waals surface area contributed by atoms with Gasteiger partial charge in [-0.3, -0.25) is 0 Å². The first-order valence-corrected chi connectivity index (χ1v) is 5.65. The minimum atomic E-state index is -0.195. The molecule has 3 heteroatoms. The van der Waals surface area contributed by atoms with E-state index in [0.717, 1.165) is 28.9 Å². The molecule has 0 aliphatic carbocycles. The van der Waals surface area contributed by atoms with Gasteiger partial charge in [0.05, 0.1) is 0 Å². The Morgan fingerprint density at radius 1 is 1.39 bits per heavy atom. The number of allylic oxidation sites excluding steroid dienone is 3. The van der Waals surface area contributed by atoms with Gasteiger partial charge in [0.25, 0.3) is 0 Å². The van der Waals surface area contributed by atoms with Gasteiger partial charge in [0.15, 0.2) is 0 Å². The SMILES string of the molecule is C=C1C=C[C-]=C(c2ccc(F)cc2CC)N1C.[Y]. The first-order chi connectivity index (χ1) is 8.13. The average molecular weight is 317 g/mol. The van der Waals surface area contributed by atoms with Crippen molar-refractivity contribution in [1.82, 2.24) is 4.90 Å². The third kappa shape index (κ3) is 2.99. The number of halogens is 1. The predicted molar refractivity (Wildman–Crippen MR) is 68.5 cm³/mol. The third-order valence-corrected chi connectivity index (χ3v) is 2.97. The summed E-state index contributed by atoms with van der Waals surface area (Å²) in [6, 6.07) is 4.87. The number of rotatable bonds is 2. The molecule has 0 fully saturated rings. The molecule has 1 nitrogen and oxygen atoms in total. The molecule has 18 heavy (non-hydrogen) atoms. The first-order valence-electron chi connectivity index (χ1n) is 5.65. The summed E-state index contributed by atoms with van der Waals surface area (Å²) in [6.07, 6.45) is 7.73. The second kappa shape index (κ2) is 6.44. The largest absolute Gasteiger partial charge is 0.379 e. The summed E-state index contributed by atoms with van der Waals surface area (Å²) in [4.78, 5) is 1.96. The van der Waals surface area contributed by atoms with E-state index in [1.807, 2.05) is 31.0 Å². The van der Waals surface area contributed by atoms with E-state index in [9.17, 15) is 4.39 Å². The summed E-state index contributed by atoms with van der Waals surface area (Å²) in [5.74, 6) is -0.195. The minimum absolute atomic E-state index is 0. The monoisotopic (exact) mass is 317 g/mol. The molecule has 2 rings (SSSR count). The van der Waals surface area contributed by atoms with Gasteiger partial charge in [-0.2, -0.15) is 12.2 Å². The summed E-state index contributed by atoms with van der Waals surface area (Å²) >= 11 is 0. The zero-order valence-corrected chi connectivity index (χ0v) is 13.5. The molecule has 0 N–H and O–H groups in total. The molecule has 0 saturated heterocycles. The average Bonchev–Trinajstić information content (AvgIpc) is 2.33. The second-order valence-corrected chi connectivity index (χ2v) is 4.03. The molecule has 0 aromatic heterocycles. The molecule has 1 aliphatic rings. The van der Waals surface area contributed by atoms with E-state index in [-0.39, 0.29) is 38.5 Å². The van der Waals surface area contributed by atoms with Crippen LogP contribution in [0.2, 0.25) is 0 Å². The van der Waals surface area contributed by atoms with Crippen molar-refractivity contribution >= 4 is 5.70 Å². The van der Waals surface area contributed by atoms with Crippen molar-refractivity contribution in [3.05, 3.63) is 65.6 Å². The van der Waals surface area contributed by atoms with Crippen LogP contribution in [-0.2, 0) is 39.1 Å². The number of hydrogen-bond acceptors (Lipinski definition) is 1. The van der Waals surface area contributed by atoms with Gasteiger partial charge in [-0.1, -0.05) is 30.3 Å². The Balaban J connectivity index is 0.00000162.